The fourth-order valence-corrected chi connectivity index (χ4v) is 2.21. The molecular formula is C20H23NO6. The minimum absolute atomic E-state index is 0.427. The molecule has 144 valence electrons. The predicted octanol–water partition coefficient (Wildman–Crippen LogP) is 3.07. The van der Waals surface area contributed by atoms with Crippen molar-refractivity contribution in [3.63, 3.8) is 0 Å². The number of benzene rings is 2. The van der Waals surface area contributed by atoms with Crippen molar-refractivity contribution in [1.29, 1.82) is 0 Å². The van der Waals surface area contributed by atoms with Crippen molar-refractivity contribution >= 4 is 12.0 Å². The van der Waals surface area contributed by atoms with Crippen LogP contribution >= 0.6 is 0 Å². The van der Waals surface area contributed by atoms with Crippen LogP contribution in [0.15, 0.2) is 48.5 Å². The Balaban J connectivity index is 1.87. The number of hydrogen-bond acceptors (Lipinski definition) is 6. The minimum Gasteiger partial charge on any atom is -0.497 e. The number of hydroxylamine groups is 1. The number of rotatable bonds is 10. The predicted molar refractivity (Wildman–Crippen MR) is 101 cm³/mol. The van der Waals surface area contributed by atoms with Gasteiger partial charge in [0.1, 0.15) is 23.0 Å². The van der Waals surface area contributed by atoms with Crippen molar-refractivity contribution in [2.75, 3.05) is 27.4 Å². The first kappa shape index (κ1) is 20.1. The zero-order chi connectivity index (χ0) is 19.5. The number of nitrogens with one attached hydrogen (secondary N) is 1. The molecule has 0 atom stereocenters. The van der Waals surface area contributed by atoms with Gasteiger partial charge in [-0.2, -0.15) is 0 Å². The van der Waals surface area contributed by atoms with Gasteiger partial charge in [-0.1, -0.05) is 0 Å². The fraction of sp³-hybridized carbons (Fsp3) is 0.250. The molecule has 7 heteroatoms. The average Bonchev–Trinajstić information content (AvgIpc) is 2.72. The van der Waals surface area contributed by atoms with Crippen molar-refractivity contribution in [1.82, 2.24) is 5.48 Å². The first-order valence-corrected chi connectivity index (χ1v) is 8.36. The maximum atomic E-state index is 11.2. The number of carbonyl (C=O) groups excluding carboxylic acids is 1. The third-order valence-electron chi connectivity index (χ3n) is 3.62. The SMILES string of the molecule is COc1ccc(OCCCOc2cc(OC)ccc2/C=C/C(=O)NO)cc1. The summed E-state index contributed by atoms with van der Waals surface area (Å²) in [6.45, 7) is 0.921. The Hall–Kier alpha value is -3.19. The van der Waals surface area contributed by atoms with E-state index in [0.717, 1.165) is 11.5 Å². The molecule has 2 rings (SSSR count). The second-order valence-corrected chi connectivity index (χ2v) is 5.44. The highest BCUT2D eigenvalue weighted by molar-refractivity contribution is 5.91. The van der Waals surface area contributed by atoms with E-state index < -0.39 is 5.91 Å². The monoisotopic (exact) mass is 373 g/mol. The van der Waals surface area contributed by atoms with Crippen molar-refractivity contribution in [3.05, 3.63) is 54.1 Å². The number of hydrogen-bond donors (Lipinski definition) is 2. The Morgan fingerprint density at radius 2 is 1.59 bits per heavy atom. The molecule has 0 saturated heterocycles. The van der Waals surface area contributed by atoms with Gasteiger partial charge in [0.05, 0.1) is 27.4 Å². The lowest BCUT2D eigenvalue weighted by atomic mass is 10.1. The molecule has 0 heterocycles. The summed E-state index contributed by atoms with van der Waals surface area (Å²) < 4.78 is 21.8. The summed E-state index contributed by atoms with van der Waals surface area (Å²) in [7, 11) is 3.18. The van der Waals surface area contributed by atoms with E-state index in [0.29, 0.717) is 36.7 Å². The molecule has 27 heavy (non-hydrogen) atoms. The highest BCUT2D eigenvalue weighted by atomic mass is 16.5. The van der Waals surface area contributed by atoms with Crippen LogP contribution in [0.2, 0.25) is 0 Å². The van der Waals surface area contributed by atoms with E-state index in [-0.39, 0.29) is 0 Å². The molecule has 0 spiro atoms. The lowest BCUT2D eigenvalue weighted by Crippen LogP contribution is -2.14. The molecule has 1 amide bonds. The van der Waals surface area contributed by atoms with Gasteiger partial charge < -0.3 is 18.9 Å². The van der Waals surface area contributed by atoms with Crippen molar-refractivity contribution in [2.45, 2.75) is 6.42 Å². The fourth-order valence-electron chi connectivity index (χ4n) is 2.21. The van der Waals surface area contributed by atoms with Gasteiger partial charge in [0, 0.05) is 24.1 Å². The lowest BCUT2D eigenvalue weighted by Gasteiger charge is -2.12. The summed E-state index contributed by atoms with van der Waals surface area (Å²) in [5.41, 5.74) is 2.23. The Labute approximate surface area is 158 Å². The molecule has 2 aromatic rings. The van der Waals surface area contributed by atoms with E-state index in [1.165, 1.54) is 6.08 Å². The van der Waals surface area contributed by atoms with Crippen LogP contribution < -0.4 is 24.4 Å². The Morgan fingerprint density at radius 1 is 0.963 bits per heavy atom. The summed E-state index contributed by atoms with van der Waals surface area (Å²) in [4.78, 5) is 11.2. The van der Waals surface area contributed by atoms with Crippen LogP contribution in [-0.2, 0) is 4.79 Å². The van der Waals surface area contributed by atoms with Crippen LogP contribution in [-0.4, -0.2) is 38.5 Å². The zero-order valence-corrected chi connectivity index (χ0v) is 15.3. The van der Waals surface area contributed by atoms with Crippen LogP contribution in [0.4, 0.5) is 0 Å². The lowest BCUT2D eigenvalue weighted by molar-refractivity contribution is -0.124. The molecule has 0 aliphatic heterocycles. The molecule has 2 aromatic carbocycles. The smallest absolute Gasteiger partial charge is 0.267 e. The first-order valence-electron chi connectivity index (χ1n) is 8.36. The molecule has 0 aliphatic rings. The third-order valence-corrected chi connectivity index (χ3v) is 3.62. The summed E-state index contributed by atoms with van der Waals surface area (Å²) in [5.74, 6) is 2.13. The van der Waals surface area contributed by atoms with E-state index >= 15 is 0 Å². The van der Waals surface area contributed by atoms with Gasteiger partial charge in [-0.25, -0.2) is 5.48 Å². The van der Waals surface area contributed by atoms with Crippen LogP contribution in [0.1, 0.15) is 12.0 Å². The normalized spacial score (nSPS) is 10.5. The molecule has 0 fully saturated rings. The van der Waals surface area contributed by atoms with Crippen molar-refractivity contribution in [2.24, 2.45) is 0 Å². The minimum atomic E-state index is -0.621. The summed E-state index contributed by atoms with van der Waals surface area (Å²) >= 11 is 0. The van der Waals surface area contributed by atoms with E-state index in [1.54, 1.807) is 44.0 Å². The van der Waals surface area contributed by atoms with Gasteiger partial charge in [-0.15, -0.1) is 0 Å². The van der Waals surface area contributed by atoms with Crippen LogP contribution in [0.25, 0.3) is 6.08 Å². The second-order valence-electron chi connectivity index (χ2n) is 5.44. The van der Waals surface area contributed by atoms with Gasteiger partial charge in [0.15, 0.2) is 0 Å². The highest BCUT2D eigenvalue weighted by Crippen LogP contribution is 2.26. The standard InChI is InChI=1S/C20H23NO6/c1-24-16-7-9-17(10-8-16)26-12-3-13-27-19-14-18(25-2)6-4-15(19)5-11-20(22)21-23/h4-11,14,23H,3,12-13H2,1-2H3,(H,21,22)/b11-5+. The van der Waals surface area contributed by atoms with Crippen LogP contribution in [0, 0.1) is 0 Å². The van der Waals surface area contributed by atoms with Gasteiger partial charge in [0.2, 0.25) is 0 Å². The number of ether oxygens (including phenoxy) is 4. The summed E-state index contributed by atoms with van der Waals surface area (Å²) in [6, 6.07) is 12.6. The molecule has 0 saturated carbocycles. The summed E-state index contributed by atoms with van der Waals surface area (Å²) in [5, 5.41) is 8.57. The molecule has 0 radical (unpaired) electrons. The third kappa shape index (κ3) is 6.56. The molecule has 0 unspecified atom stereocenters. The first-order chi connectivity index (χ1) is 13.2. The Kier molecular flexibility index (Phi) is 7.99. The number of amides is 1. The molecule has 2 N–H and O–H groups in total. The van der Waals surface area contributed by atoms with Gasteiger partial charge in [-0.05, 0) is 42.5 Å². The molecule has 0 bridgehead atoms. The topological polar surface area (TPSA) is 86.2 Å². The van der Waals surface area contributed by atoms with Crippen molar-refractivity contribution in [3.8, 4) is 23.0 Å². The molecular weight excluding hydrogens is 350 g/mol. The zero-order valence-electron chi connectivity index (χ0n) is 15.3. The van der Waals surface area contributed by atoms with E-state index in [9.17, 15) is 4.79 Å². The Morgan fingerprint density at radius 3 is 2.26 bits per heavy atom. The van der Waals surface area contributed by atoms with Crippen LogP contribution in [0.5, 0.6) is 23.0 Å². The van der Waals surface area contributed by atoms with Gasteiger partial charge >= 0.3 is 0 Å². The average molecular weight is 373 g/mol. The Bertz CT molecular complexity index is 758. The van der Waals surface area contributed by atoms with E-state index in [2.05, 4.69) is 0 Å². The molecule has 7 nitrogen and oxygen atoms in total. The quantitative estimate of drug-likeness (QED) is 0.288. The maximum Gasteiger partial charge on any atom is 0.267 e. The van der Waals surface area contributed by atoms with Crippen molar-refractivity contribution < 1.29 is 28.9 Å². The molecule has 0 aliphatic carbocycles. The van der Waals surface area contributed by atoms with E-state index in [1.807, 2.05) is 24.3 Å². The van der Waals surface area contributed by atoms with Gasteiger partial charge in [0.25, 0.3) is 5.91 Å². The number of carbonyl (C=O) groups is 1. The summed E-state index contributed by atoms with van der Waals surface area (Å²) in [6.07, 6.45) is 3.43. The maximum absolute atomic E-state index is 11.2. The second kappa shape index (κ2) is 10.7. The largest absolute Gasteiger partial charge is 0.497 e. The van der Waals surface area contributed by atoms with Crippen LogP contribution in [0.3, 0.4) is 0 Å². The highest BCUT2D eigenvalue weighted by Gasteiger charge is 2.05. The number of methoxy groups -OCH3 is 2. The molecule has 0 aromatic heterocycles. The van der Waals surface area contributed by atoms with Gasteiger partial charge in [-0.3, -0.25) is 10.0 Å². The van der Waals surface area contributed by atoms with E-state index in [4.69, 9.17) is 24.2 Å².